The van der Waals surface area contributed by atoms with Gasteiger partial charge in [0.2, 0.25) is 30.0 Å². The zero-order valence-corrected chi connectivity index (χ0v) is 35.2. The van der Waals surface area contributed by atoms with Gasteiger partial charge >= 0.3 is 0 Å². The zero-order chi connectivity index (χ0) is 45.4. The number of nitrogens with zero attached hydrogens (tertiary/aromatic N) is 13. The number of nitrogens with two attached hydrogens (primary N) is 1. The molecule has 0 spiro atoms. The summed E-state index contributed by atoms with van der Waals surface area (Å²) in [7, 11) is -0.977. The number of ether oxygens (including phenoxy) is 2. The number of terminal acetylenes is 1. The van der Waals surface area contributed by atoms with Gasteiger partial charge in [-0.15, -0.1) is 6.42 Å². The molecule has 0 fully saturated rings. The van der Waals surface area contributed by atoms with Crippen LogP contribution >= 0.6 is 0 Å². The number of hydrogen-bond donors (Lipinski definition) is 3. The van der Waals surface area contributed by atoms with E-state index >= 15 is 0 Å². The predicted octanol–water partition coefficient (Wildman–Crippen LogP) is 3.08. The molecule has 8 heterocycles. The molecule has 0 saturated carbocycles. The van der Waals surface area contributed by atoms with E-state index in [-0.39, 0.29) is 10.5 Å². The topological polar surface area (TPSA) is 273 Å². The molecular formula is C41H40N15O6S+. The lowest BCUT2D eigenvalue weighted by Crippen LogP contribution is -2.43. The van der Waals surface area contributed by atoms with Crippen molar-refractivity contribution in [2.75, 3.05) is 20.1 Å². The number of aromatic nitrogens is 14. The first-order valence-corrected chi connectivity index (χ1v) is 19.7. The summed E-state index contributed by atoms with van der Waals surface area (Å²) < 4.78 is 45.5. The van der Waals surface area contributed by atoms with Gasteiger partial charge in [0.15, 0.2) is 5.82 Å². The average Bonchev–Trinajstić information content (AvgIpc) is 3.92. The highest BCUT2D eigenvalue weighted by Gasteiger charge is 2.16. The van der Waals surface area contributed by atoms with Crippen molar-refractivity contribution < 1.29 is 27.1 Å². The molecule has 0 atom stereocenters. The summed E-state index contributed by atoms with van der Waals surface area (Å²) in [5.74, 6) is 9.97. The summed E-state index contributed by atoms with van der Waals surface area (Å²) in [6, 6.07) is 8.17. The highest BCUT2D eigenvalue weighted by atomic mass is 32.2. The molecule has 21 nitrogen and oxygen atoms in total. The molecular weight excluding hydrogens is 831 g/mol. The fourth-order valence-corrected chi connectivity index (χ4v) is 6.48. The highest BCUT2D eigenvalue weighted by molar-refractivity contribution is 7.86. The van der Waals surface area contributed by atoms with E-state index in [0.717, 1.165) is 27.7 Å². The lowest BCUT2D eigenvalue weighted by Gasteiger charge is -2.07. The molecule has 22 heteroatoms. The van der Waals surface area contributed by atoms with Crippen LogP contribution in [-0.2, 0) is 10.1 Å². The standard InChI is InChI=1S/C11H9N5O.C10H7N5O.C9H12O3S.C7H6N2O.C4H6N3/c1-17-10-2-3-13-11(15-10)8-6-14-16-5-4-12-7-9(8)16;16-9-1-2-12-10(14-9)7-5-13-15-4-3-11-6-8(7)15;1-6-4-7(2)9(8(3)5-6)13(10,11)12;1-3-6-8-5-4-7(9-6)10-2;5-7-3-1-6-2-4-7/h2-7H,1H3;1-6H,(H,12,14,16);4-5H,1-3H3,(H,10,11,12);1,4-5H,2H3;1-4H,(H2,5,6)/q;;;;+1. The normalized spacial score (nSPS) is 10.3. The van der Waals surface area contributed by atoms with Crippen LogP contribution in [0.2, 0.25) is 0 Å². The summed E-state index contributed by atoms with van der Waals surface area (Å²) in [6.45, 7) is 5.22. The molecule has 63 heavy (non-hydrogen) atoms. The molecule has 4 N–H and O–H groups in total. The molecule has 0 aliphatic heterocycles. The molecule has 0 saturated heterocycles. The maximum absolute atomic E-state index is 11.2. The Morgan fingerprint density at radius 3 is 1.84 bits per heavy atom. The molecule has 1 aromatic carbocycles. The van der Waals surface area contributed by atoms with Crippen molar-refractivity contribution in [3.63, 3.8) is 0 Å². The van der Waals surface area contributed by atoms with Gasteiger partial charge in [0.05, 0.1) is 78.5 Å². The van der Waals surface area contributed by atoms with E-state index in [1.165, 1.54) is 24.0 Å². The highest BCUT2D eigenvalue weighted by Crippen LogP contribution is 2.22. The Morgan fingerprint density at radius 2 is 1.30 bits per heavy atom. The van der Waals surface area contributed by atoms with Gasteiger partial charge in [-0.3, -0.25) is 24.3 Å². The third kappa shape index (κ3) is 12.7. The number of methoxy groups -OCH3 is 2. The van der Waals surface area contributed by atoms with Crippen molar-refractivity contribution in [1.29, 1.82) is 0 Å². The Morgan fingerprint density at radius 1 is 0.746 bits per heavy atom. The molecule has 9 rings (SSSR count). The van der Waals surface area contributed by atoms with Crippen LogP contribution in [0.3, 0.4) is 0 Å². The van der Waals surface area contributed by atoms with E-state index in [2.05, 4.69) is 61.0 Å². The van der Waals surface area contributed by atoms with E-state index in [1.54, 1.807) is 141 Å². The Balaban J connectivity index is 0.000000153. The molecule has 0 bridgehead atoms. The van der Waals surface area contributed by atoms with Gasteiger partial charge < -0.3 is 14.5 Å². The first-order chi connectivity index (χ1) is 30.3. The third-order valence-corrected chi connectivity index (χ3v) is 9.30. The molecule has 0 radical (unpaired) electrons. The first kappa shape index (κ1) is 45.5. The number of aryl methyl sites for hydroxylation is 3. The molecule has 0 aliphatic rings. The third-order valence-electron chi connectivity index (χ3n) is 8.14. The summed E-state index contributed by atoms with van der Waals surface area (Å²) in [4.78, 5) is 45.9. The van der Waals surface area contributed by atoms with Crippen LogP contribution in [0.1, 0.15) is 22.5 Å². The van der Waals surface area contributed by atoms with Gasteiger partial charge in [-0.2, -0.15) is 28.6 Å². The molecule has 0 aliphatic carbocycles. The average molecular weight is 871 g/mol. The fraction of sp³-hybridized carbons (Fsp3) is 0.122. The van der Waals surface area contributed by atoms with Crippen LogP contribution in [0.5, 0.6) is 11.8 Å². The number of nitrogen functional groups attached to an aromatic ring is 1. The van der Waals surface area contributed by atoms with Crippen molar-refractivity contribution in [3.8, 4) is 46.9 Å². The molecule has 9 aromatic rings. The Kier molecular flexibility index (Phi) is 15.6. The summed E-state index contributed by atoms with van der Waals surface area (Å²) >= 11 is 0. The van der Waals surface area contributed by atoms with Crippen LogP contribution in [0.25, 0.3) is 33.8 Å². The molecule has 8 aromatic heterocycles. The minimum atomic E-state index is -4.08. The Bertz CT molecular complexity index is 3110. The van der Waals surface area contributed by atoms with Gasteiger partial charge in [0.1, 0.15) is 5.82 Å². The van der Waals surface area contributed by atoms with Crippen molar-refractivity contribution in [2.45, 2.75) is 25.7 Å². The first-order valence-electron chi connectivity index (χ1n) is 18.2. The van der Waals surface area contributed by atoms with Gasteiger partial charge in [-0.1, -0.05) is 22.4 Å². The van der Waals surface area contributed by atoms with Crippen LogP contribution < -0.4 is 25.6 Å². The lowest BCUT2D eigenvalue weighted by molar-refractivity contribution is -0.639. The quantitative estimate of drug-likeness (QED) is 0.0970. The van der Waals surface area contributed by atoms with E-state index < -0.39 is 10.1 Å². The van der Waals surface area contributed by atoms with E-state index in [9.17, 15) is 13.2 Å². The van der Waals surface area contributed by atoms with Gasteiger partial charge in [-0.25, -0.2) is 29.8 Å². The van der Waals surface area contributed by atoms with Crippen LogP contribution in [0.4, 0.5) is 0 Å². The Labute approximate surface area is 360 Å². The number of aromatic amines is 1. The van der Waals surface area contributed by atoms with Crippen molar-refractivity contribution in [1.82, 2.24) is 64.1 Å². The Hall–Kier alpha value is -8.55. The summed E-state index contributed by atoms with van der Waals surface area (Å²) in [6.07, 6.45) is 29.9. The van der Waals surface area contributed by atoms with Gasteiger partial charge in [0, 0.05) is 61.6 Å². The van der Waals surface area contributed by atoms with Gasteiger partial charge in [0.25, 0.3) is 15.7 Å². The second kappa shape index (κ2) is 21.6. The number of H-pyrrole nitrogens is 1. The minimum absolute atomic E-state index is 0.0260. The monoisotopic (exact) mass is 870 g/mol. The number of fused-ring (bicyclic) bond motifs is 2. The number of hydrogen-bond acceptors (Lipinski definition) is 16. The number of rotatable bonds is 5. The molecule has 0 amide bonds. The lowest BCUT2D eigenvalue weighted by atomic mass is 10.1. The summed E-state index contributed by atoms with van der Waals surface area (Å²) in [5, 5.41) is 8.35. The molecule has 320 valence electrons. The number of nitrogens with one attached hydrogen (secondary N) is 1. The largest absolute Gasteiger partial charge is 0.481 e. The summed E-state index contributed by atoms with van der Waals surface area (Å²) in [5.41, 5.74) is 5.22. The maximum Gasteiger partial charge on any atom is 0.295 e. The zero-order valence-electron chi connectivity index (χ0n) is 34.4. The van der Waals surface area contributed by atoms with Crippen LogP contribution in [-0.4, -0.2) is 91.3 Å². The SMILES string of the molecule is C#Cc1nccc(OC)n1.COc1ccnc(-c2cnn3ccncc23)n1.Cc1cc(C)c(S(=O)(=O)O)c(C)c1.N[n+]1ccncc1.O=c1ccnc(-c2cnn3ccncc23)[nH]1. The van der Waals surface area contributed by atoms with Crippen LogP contribution in [0.15, 0.2) is 133 Å². The van der Waals surface area contributed by atoms with Crippen molar-refractivity contribution in [2.24, 2.45) is 0 Å². The second-order valence-electron chi connectivity index (χ2n) is 12.6. The van der Waals surface area contributed by atoms with Crippen molar-refractivity contribution in [3.05, 3.63) is 156 Å². The van der Waals surface area contributed by atoms with E-state index in [0.29, 0.717) is 40.4 Å². The fourth-order valence-electron chi connectivity index (χ4n) is 5.55. The maximum atomic E-state index is 11.2. The van der Waals surface area contributed by atoms with Crippen molar-refractivity contribution >= 4 is 21.2 Å². The number of benzene rings is 1. The van der Waals surface area contributed by atoms with Crippen LogP contribution in [0, 0.1) is 33.1 Å². The molecule has 0 unspecified atom stereocenters. The van der Waals surface area contributed by atoms with Gasteiger partial charge in [-0.05, 0) is 37.8 Å². The van der Waals surface area contributed by atoms with E-state index in [1.807, 2.05) is 6.92 Å². The smallest absolute Gasteiger partial charge is 0.295 e. The second-order valence-corrected chi connectivity index (χ2v) is 14.0. The minimum Gasteiger partial charge on any atom is -0.481 e. The predicted molar refractivity (Wildman–Crippen MR) is 229 cm³/mol. The van der Waals surface area contributed by atoms with E-state index in [4.69, 9.17) is 26.3 Å².